The van der Waals surface area contributed by atoms with E-state index in [1.165, 1.54) is 11.1 Å². The molecule has 0 saturated heterocycles. The molecule has 0 amide bonds. The molecule has 0 bridgehead atoms. The van der Waals surface area contributed by atoms with E-state index in [-0.39, 0.29) is 12.0 Å². The summed E-state index contributed by atoms with van der Waals surface area (Å²) in [6.45, 7) is 8.26. The third kappa shape index (κ3) is 2.58. The molecule has 2 unspecified atom stereocenters. The van der Waals surface area contributed by atoms with Gasteiger partial charge in [-0.2, -0.15) is 0 Å². The first-order chi connectivity index (χ1) is 6.52. The predicted molar refractivity (Wildman–Crippen MR) is 60.4 cm³/mol. The van der Waals surface area contributed by atoms with E-state index in [9.17, 15) is 5.11 Å². The highest BCUT2D eigenvalue weighted by molar-refractivity contribution is 5.24. The molecule has 78 valence electrons. The Kier molecular flexibility index (Phi) is 3.70. The first-order valence-electron chi connectivity index (χ1n) is 5.27. The second-order valence-corrected chi connectivity index (χ2v) is 4.43. The van der Waals surface area contributed by atoms with Crippen LogP contribution in [-0.2, 0) is 0 Å². The first-order valence-corrected chi connectivity index (χ1v) is 5.27. The van der Waals surface area contributed by atoms with Crippen molar-refractivity contribution < 1.29 is 5.11 Å². The molecule has 1 aromatic rings. The van der Waals surface area contributed by atoms with Crippen LogP contribution in [0.15, 0.2) is 24.3 Å². The van der Waals surface area contributed by atoms with Gasteiger partial charge in [-0.1, -0.05) is 50.6 Å². The van der Waals surface area contributed by atoms with E-state index in [1.54, 1.807) is 0 Å². The Hall–Kier alpha value is -0.820. The van der Waals surface area contributed by atoms with Crippen LogP contribution < -0.4 is 0 Å². The van der Waals surface area contributed by atoms with Gasteiger partial charge in [-0.05, 0) is 18.4 Å². The van der Waals surface area contributed by atoms with Crippen molar-refractivity contribution in [1.82, 2.24) is 0 Å². The van der Waals surface area contributed by atoms with Crippen LogP contribution in [0.5, 0.6) is 0 Å². The second kappa shape index (κ2) is 4.61. The number of rotatable bonds is 3. The fraction of sp³-hybridized carbons (Fsp3) is 0.538. The Morgan fingerprint density at radius 1 is 1.00 bits per heavy atom. The van der Waals surface area contributed by atoms with Crippen molar-refractivity contribution in [3.05, 3.63) is 35.4 Å². The average Bonchev–Trinajstić information content (AvgIpc) is 2.16. The van der Waals surface area contributed by atoms with Gasteiger partial charge in [0.2, 0.25) is 0 Å². The number of hydrogen-bond acceptors (Lipinski definition) is 1. The zero-order chi connectivity index (χ0) is 10.7. The van der Waals surface area contributed by atoms with E-state index in [1.807, 2.05) is 0 Å². The third-order valence-electron chi connectivity index (χ3n) is 2.80. The van der Waals surface area contributed by atoms with E-state index < -0.39 is 0 Å². The Morgan fingerprint density at radius 3 is 1.93 bits per heavy atom. The van der Waals surface area contributed by atoms with E-state index in [4.69, 9.17) is 0 Å². The van der Waals surface area contributed by atoms with Crippen LogP contribution in [-0.4, -0.2) is 11.2 Å². The summed E-state index contributed by atoms with van der Waals surface area (Å²) in [7, 11) is 0. The second-order valence-electron chi connectivity index (χ2n) is 4.43. The van der Waals surface area contributed by atoms with Gasteiger partial charge in [-0.25, -0.2) is 0 Å². The molecule has 0 aliphatic rings. The van der Waals surface area contributed by atoms with Gasteiger partial charge >= 0.3 is 0 Å². The molecule has 1 N–H and O–H groups in total. The van der Waals surface area contributed by atoms with E-state index in [2.05, 4.69) is 52.0 Å². The third-order valence-corrected chi connectivity index (χ3v) is 2.80. The molecule has 0 radical (unpaired) electrons. The molecule has 0 fully saturated rings. The summed E-state index contributed by atoms with van der Waals surface area (Å²) in [5.41, 5.74) is 2.48. The molecular weight excluding hydrogens is 172 g/mol. The fourth-order valence-corrected chi connectivity index (χ4v) is 1.64. The summed E-state index contributed by atoms with van der Waals surface area (Å²) in [6.07, 6.45) is -0.252. The van der Waals surface area contributed by atoms with Crippen LogP contribution in [0.4, 0.5) is 0 Å². The first kappa shape index (κ1) is 11.3. The minimum atomic E-state index is -0.252. The highest BCUT2D eigenvalue weighted by atomic mass is 16.3. The minimum absolute atomic E-state index is 0.218. The van der Waals surface area contributed by atoms with Gasteiger partial charge in [0, 0.05) is 5.92 Å². The lowest BCUT2D eigenvalue weighted by atomic mass is 9.88. The highest BCUT2D eigenvalue weighted by Crippen LogP contribution is 2.23. The number of aryl methyl sites for hydroxylation is 1. The topological polar surface area (TPSA) is 20.2 Å². The summed E-state index contributed by atoms with van der Waals surface area (Å²) >= 11 is 0. The van der Waals surface area contributed by atoms with Crippen molar-refractivity contribution in [2.24, 2.45) is 5.92 Å². The Morgan fingerprint density at radius 2 is 1.50 bits per heavy atom. The monoisotopic (exact) mass is 192 g/mol. The van der Waals surface area contributed by atoms with Crippen molar-refractivity contribution >= 4 is 0 Å². The summed E-state index contributed by atoms with van der Waals surface area (Å²) in [6, 6.07) is 8.40. The largest absolute Gasteiger partial charge is 0.392 e. The van der Waals surface area contributed by atoms with Crippen molar-refractivity contribution in [2.45, 2.75) is 39.7 Å². The molecule has 1 nitrogen and oxygen atoms in total. The summed E-state index contributed by atoms with van der Waals surface area (Å²) < 4.78 is 0. The van der Waals surface area contributed by atoms with Crippen LogP contribution in [0, 0.1) is 12.8 Å². The van der Waals surface area contributed by atoms with Crippen molar-refractivity contribution in [1.29, 1.82) is 0 Å². The van der Waals surface area contributed by atoms with Gasteiger partial charge < -0.3 is 5.11 Å². The predicted octanol–water partition coefficient (Wildman–Crippen LogP) is 3.12. The van der Waals surface area contributed by atoms with Crippen LogP contribution in [0.25, 0.3) is 0 Å². The highest BCUT2D eigenvalue weighted by Gasteiger charge is 2.18. The molecule has 0 heterocycles. The quantitative estimate of drug-likeness (QED) is 0.780. The van der Waals surface area contributed by atoms with Gasteiger partial charge in [-0.15, -0.1) is 0 Å². The maximum Gasteiger partial charge on any atom is 0.0628 e. The lowest BCUT2D eigenvalue weighted by Gasteiger charge is -2.22. The number of aliphatic hydroxyl groups is 1. The van der Waals surface area contributed by atoms with Gasteiger partial charge in [0.25, 0.3) is 0 Å². The number of aliphatic hydroxyl groups excluding tert-OH is 1. The normalized spacial score (nSPS) is 15.6. The SMILES string of the molecule is Cc1ccc(C(C)C(O)C(C)C)cc1. The van der Waals surface area contributed by atoms with Gasteiger partial charge in [0.1, 0.15) is 0 Å². The molecule has 2 atom stereocenters. The lowest BCUT2D eigenvalue weighted by molar-refractivity contribution is 0.102. The van der Waals surface area contributed by atoms with Crippen LogP contribution in [0.1, 0.15) is 37.8 Å². The number of hydrogen-bond donors (Lipinski definition) is 1. The molecule has 1 heteroatoms. The van der Waals surface area contributed by atoms with Crippen molar-refractivity contribution in [3.8, 4) is 0 Å². The number of benzene rings is 1. The zero-order valence-corrected chi connectivity index (χ0v) is 9.49. The summed E-state index contributed by atoms with van der Waals surface area (Å²) in [5.74, 6) is 0.530. The zero-order valence-electron chi connectivity index (χ0n) is 9.49. The summed E-state index contributed by atoms with van der Waals surface area (Å²) in [5, 5.41) is 9.92. The molecule has 1 aromatic carbocycles. The van der Waals surface area contributed by atoms with Crippen molar-refractivity contribution in [2.75, 3.05) is 0 Å². The van der Waals surface area contributed by atoms with Crippen molar-refractivity contribution in [3.63, 3.8) is 0 Å². The Balaban J connectivity index is 2.78. The molecular formula is C13H20O. The molecule has 0 aliphatic heterocycles. The van der Waals surface area contributed by atoms with Crippen LogP contribution in [0.3, 0.4) is 0 Å². The standard InChI is InChI=1S/C13H20O/c1-9(2)13(14)11(4)12-7-5-10(3)6-8-12/h5-9,11,13-14H,1-4H3. The van der Waals surface area contributed by atoms with E-state index in [0.29, 0.717) is 5.92 Å². The summed E-state index contributed by atoms with van der Waals surface area (Å²) in [4.78, 5) is 0. The molecule has 0 aliphatic carbocycles. The Labute approximate surface area is 86.8 Å². The van der Waals surface area contributed by atoms with E-state index >= 15 is 0 Å². The van der Waals surface area contributed by atoms with Crippen LogP contribution >= 0.6 is 0 Å². The lowest BCUT2D eigenvalue weighted by Crippen LogP contribution is -2.21. The molecule has 0 aromatic heterocycles. The van der Waals surface area contributed by atoms with E-state index in [0.717, 1.165) is 0 Å². The smallest absolute Gasteiger partial charge is 0.0628 e. The van der Waals surface area contributed by atoms with Gasteiger partial charge in [-0.3, -0.25) is 0 Å². The average molecular weight is 192 g/mol. The van der Waals surface area contributed by atoms with Crippen LogP contribution in [0.2, 0.25) is 0 Å². The Bertz CT molecular complexity index is 274. The molecule has 0 saturated carbocycles. The van der Waals surface area contributed by atoms with Gasteiger partial charge in [0.05, 0.1) is 6.10 Å². The maximum atomic E-state index is 9.92. The van der Waals surface area contributed by atoms with Gasteiger partial charge in [0.15, 0.2) is 0 Å². The molecule has 1 rings (SSSR count). The minimum Gasteiger partial charge on any atom is -0.392 e. The maximum absolute atomic E-state index is 9.92. The molecule has 14 heavy (non-hydrogen) atoms. The molecule has 0 spiro atoms. The fourth-order valence-electron chi connectivity index (χ4n) is 1.64.